The first kappa shape index (κ1) is 12.8. The van der Waals surface area contributed by atoms with E-state index in [4.69, 9.17) is 16.3 Å². The highest BCUT2D eigenvalue weighted by atomic mass is 35.5. The Kier molecular flexibility index (Phi) is 4.80. The van der Waals surface area contributed by atoms with Gasteiger partial charge in [0.25, 0.3) is 0 Å². The van der Waals surface area contributed by atoms with E-state index in [2.05, 4.69) is 17.1 Å². The van der Waals surface area contributed by atoms with Crippen molar-refractivity contribution >= 4 is 11.6 Å². The van der Waals surface area contributed by atoms with Crippen molar-refractivity contribution in [1.82, 2.24) is 14.8 Å². The van der Waals surface area contributed by atoms with Gasteiger partial charge in [0.05, 0.1) is 6.10 Å². The van der Waals surface area contributed by atoms with Gasteiger partial charge in [-0.25, -0.2) is 0 Å². The van der Waals surface area contributed by atoms with E-state index in [9.17, 15) is 0 Å². The summed E-state index contributed by atoms with van der Waals surface area (Å²) in [5.74, 6) is 0.994. The largest absolute Gasteiger partial charge is 0.378 e. The van der Waals surface area contributed by atoms with E-state index < -0.39 is 0 Å². The molecule has 5 heteroatoms. The number of rotatable bonds is 5. The predicted octanol–water partition coefficient (Wildman–Crippen LogP) is 2.84. The lowest BCUT2D eigenvalue weighted by atomic mass is 10.1. The molecule has 0 N–H and O–H groups in total. The summed E-state index contributed by atoms with van der Waals surface area (Å²) in [5, 5.41) is 8.55. The maximum Gasteiger partial charge on any atom is 0.225 e. The summed E-state index contributed by atoms with van der Waals surface area (Å²) in [4.78, 5) is 0. The van der Waals surface area contributed by atoms with E-state index in [1.807, 2.05) is 4.57 Å². The molecule has 4 nitrogen and oxygen atoms in total. The van der Waals surface area contributed by atoms with Gasteiger partial charge in [0, 0.05) is 19.6 Å². The molecule has 1 saturated heterocycles. The van der Waals surface area contributed by atoms with Crippen LogP contribution < -0.4 is 0 Å². The Morgan fingerprint density at radius 1 is 1.41 bits per heavy atom. The van der Waals surface area contributed by atoms with Gasteiger partial charge < -0.3 is 9.30 Å². The van der Waals surface area contributed by atoms with Crippen molar-refractivity contribution < 1.29 is 4.74 Å². The van der Waals surface area contributed by atoms with E-state index >= 15 is 0 Å². The summed E-state index contributed by atoms with van der Waals surface area (Å²) >= 11 is 6.05. The average Bonchev–Trinajstić information content (AvgIpc) is 2.70. The second-order valence-corrected chi connectivity index (χ2v) is 4.90. The van der Waals surface area contributed by atoms with Gasteiger partial charge in [0.15, 0.2) is 0 Å². The number of hydrogen-bond acceptors (Lipinski definition) is 3. The average molecular weight is 258 g/mol. The molecule has 0 aromatic carbocycles. The Balaban J connectivity index is 1.90. The fourth-order valence-corrected chi connectivity index (χ4v) is 2.47. The third-order valence-corrected chi connectivity index (χ3v) is 3.48. The normalized spacial score (nSPS) is 20.7. The monoisotopic (exact) mass is 257 g/mol. The van der Waals surface area contributed by atoms with Gasteiger partial charge in [-0.05, 0) is 43.7 Å². The molecule has 0 spiro atoms. The zero-order valence-corrected chi connectivity index (χ0v) is 11.1. The quantitative estimate of drug-likeness (QED) is 0.814. The van der Waals surface area contributed by atoms with Crippen LogP contribution in [0.2, 0.25) is 5.28 Å². The molecule has 1 fully saturated rings. The van der Waals surface area contributed by atoms with Crippen LogP contribution in [-0.4, -0.2) is 27.5 Å². The Labute approximate surface area is 107 Å². The number of nitrogens with zero attached hydrogens (tertiary/aromatic N) is 3. The lowest BCUT2D eigenvalue weighted by Gasteiger charge is -2.22. The molecule has 0 bridgehead atoms. The molecule has 0 saturated carbocycles. The van der Waals surface area contributed by atoms with Gasteiger partial charge >= 0.3 is 0 Å². The van der Waals surface area contributed by atoms with Crippen LogP contribution in [0.5, 0.6) is 0 Å². The minimum Gasteiger partial charge on any atom is -0.378 e. The van der Waals surface area contributed by atoms with Crippen molar-refractivity contribution in [3.8, 4) is 0 Å². The van der Waals surface area contributed by atoms with E-state index in [1.165, 1.54) is 19.3 Å². The first-order chi connectivity index (χ1) is 8.31. The van der Waals surface area contributed by atoms with Gasteiger partial charge in [-0.2, -0.15) is 0 Å². The van der Waals surface area contributed by atoms with Crippen molar-refractivity contribution in [1.29, 1.82) is 0 Å². The highest BCUT2D eigenvalue weighted by Crippen LogP contribution is 2.18. The van der Waals surface area contributed by atoms with Crippen LogP contribution in [0.25, 0.3) is 0 Å². The van der Waals surface area contributed by atoms with Gasteiger partial charge in [0.2, 0.25) is 5.28 Å². The van der Waals surface area contributed by atoms with Crippen LogP contribution in [0.1, 0.15) is 44.9 Å². The van der Waals surface area contributed by atoms with Crippen LogP contribution in [0.15, 0.2) is 0 Å². The SMILES string of the molecule is CCCc1nnc(Cl)n1CCC1CCCCO1. The van der Waals surface area contributed by atoms with Gasteiger partial charge in [-0.15, -0.1) is 10.2 Å². The summed E-state index contributed by atoms with van der Waals surface area (Å²) in [5.41, 5.74) is 0. The van der Waals surface area contributed by atoms with Crippen molar-refractivity contribution in [2.24, 2.45) is 0 Å². The van der Waals surface area contributed by atoms with Crippen molar-refractivity contribution in [2.45, 2.75) is 58.1 Å². The molecule has 1 unspecified atom stereocenters. The van der Waals surface area contributed by atoms with Crippen LogP contribution in [0.3, 0.4) is 0 Å². The lowest BCUT2D eigenvalue weighted by Crippen LogP contribution is -2.21. The minimum atomic E-state index is 0.386. The van der Waals surface area contributed by atoms with E-state index in [0.29, 0.717) is 11.4 Å². The van der Waals surface area contributed by atoms with Crippen LogP contribution >= 0.6 is 11.6 Å². The number of hydrogen-bond donors (Lipinski definition) is 0. The molecule has 1 aliphatic rings. The van der Waals surface area contributed by atoms with E-state index in [-0.39, 0.29) is 0 Å². The zero-order valence-electron chi connectivity index (χ0n) is 10.4. The van der Waals surface area contributed by atoms with Crippen molar-refractivity contribution in [3.05, 3.63) is 11.1 Å². The maximum atomic E-state index is 6.05. The number of ether oxygens (including phenoxy) is 1. The first-order valence-corrected chi connectivity index (χ1v) is 6.88. The van der Waals surface area contributed by atoms with Gasteiger partial charge in [0.1, 0.15) is 5.82 Å². The molecule has 1 aliphatic heterocycles. The fraction of sp³-hybridized carbons (Fsp3) is 0.833. The summed E-state index contributed by atoms with van der Waals surface area (Å²) < 4.78 is 7.74. The maximum absolute atomic E-state index is 6.05. The Hall–Kier alpha value is -0.610. The Bertz CT molecular complexity index is 348. The first-order valence-electron chi connectivity index (χ1n) is 6.50. The molecule has 96 valence electrons. The standard InChI is InChI=1S/C12H20ClN3O/c1-2-5-11-14-15-12(13)16(11)8-7-10-6-3-4-9-17-10/h10H,2-9H2,1H3. The molecule has 0 amide bonds. The fourth-order valence-electron chi connectivity index (χ4n) is 2.25. The summed E-state index contributed by atoms with van der Waals surface area (Å²) in [6.45, 7) is 3.91. The molecule has 0 aliphatic carbocycles. The minimum absolute atomic E-state index is 0.386. The number of halogens is 1. The lowest BCUT2D eigenvalue weighted by molar-refractivity contribution is 0.00870. The molecule has 1 aromatic heterocycles. The van der Waals surface area contributed by atoms with E-state index in [1.54, 1.807) is 0 Å². The third-order valence-electron chi connectivity index (χ3n) is 3.20. The van der Waals surface area contributed by atoms with Crippen molar-refractivity contribution in [3.63, 3.8) is 0 Å². The molecular weight excluding hydrogens is 238 g/mol. The Morgan fingerprint density at radius 3 is 3.00 bits per heavy atom. The molecule has 17 heavy (non-hydrogen) atoms. The predicted molar refractivity (Wildman–Crippen MR) is 67.2 cm³/mol. The Morgan fingerprint density at radius 2 is 2.29 bits per heavy atom. The zero-order chi connectivity index (χ0) is 12.1. The van der Waals surface area contributed by atoms with Gasteiger partial charge in [-0.1, -0.05) is 6.92 Å². The molecule has 2 rings (SSSR count). The van der Waals surface area contributed by atoms with E-state index in [0.717, 1.165) is 38.2 Å². The highest BCUT2D eigenvalue weighted by molar-refractivity contribution is 6.28. The van der Waals surface area contributed by atoms with Gasteiger partial charge in [-0.3, -0.25) is 0 Å². The molecule has 1 atom stereocenters. The summed E-state index contributed by atoms with van der Waals surface area (Å²) in [6.07, 6.45) is 7.04. The molecule has 0 radical (unpaired) electrons. The van der Waals surface area contributed by atoms with Crippen LogP contribution in [0, 0.1) is 0 Å². The molecular formula is C12H20ClN3O. The highest BCUT2D eigenvalue weighted by Gasteiger charge is 2.16. The van der Waals surface area contributed by atoms with Crippen LogP contribution in [0.4, 0.5) is 0 Å². The second-order valence-electron chi connectivity index (χ2n) is 4.56. The van der Waals surface area contributed by atoms with Crippen molar-refractivity contribution in [2.75, 3.05) is 6.61 Å². The molecule has 1 aromatic rings. The third kappa shape index (κ3) is 3.42. The summed E-state index contributed by atoms with van der Waals surface area (Å²) in [6, 6.07) is 0. The topological polar surface area (TPSA) is 39.9 Å². The molecule has 2 heterocycles. The number of aryl methyl sites for hydroxylation is 1. The summed E-state index contributed by atoms with van der Waals surface area (Å²) in [7, 11) is 0. The number of aromatic nitrogens is 3. The second kappa shape index (κ2) is 6.36. The van der Waals surface area contributed by atoms with Crippen LogP contribution in [-0.2, 0) is 17.7 Å². The smallest absolute Gasteiger partial charge is 0.225 e.